The Kier molecular flexibility index (Phi) is 6.40. The number of ether oxygens (including phenoxy) is 1. The molecule has 29 heavy (non-hydrogen) atoms. The highest BCUT2D eigenvalue weighted by molar-refractivity contribution is 7.18. The molecule has 1 atom stereocenters. The molecule has 1 aromatic heterocycles. The first-order valence-corrected chi connectivity index (χ1v) is 9.81. The second-order valence-corrected chi connectivity index (χ2v) is 7.64. The number of nitrogens with one attached hydrogen (secondary N) is 1. The lowest BCUT2D eigenvalue weighted by Crippen LogP contribution is -2.30. The number of rotatable bonds is 7. The van der Waals surface area contributed by atoms with Gasteiger partial charge in [-0.25, -0.2) is 4.98 Å². The molecule has 0 aliphatic carbocycles. The number of hydrogen-bond donors (Lipinski definition) is 1. The smallest absolute Gasteiger partial charge is 0.306 e. The van der Waals surface area contributed by atoms with Gasteiger partial charge in [-0.05, 0) is 25.1 Å². The summed E-state index contributed by atoms with van der Waals surface area (Å²) in [4.78, 5) is 38.9. The van der Waals surface area contributed by atoms with Gasteiger partial charge in [0.25, 0.3) is 11.6 Å². The topological polar surface area (TPSA) is 111 Å². The van der Waals surface area contributed by atoms with Crippen LogP contribution in [0.1, 0.15) is 18.4 Å². The molecule has 0 spiro atoms. The van der Waals surface area contributed by atoms with E-state index >= 15 is 0 Å². The lowest BCUT2D eigenvalue weighted by Gasteiger charge is -2.14. The van der Waals surface area contributed by atoms with Crippen LogP contribution in [0.25, 0.3) is 10.2 Å². The fourth-order valence-electron chi connectivity index (χ4n) is 2.50. The number of halogens is 1. The molecule has 150 valence electrons. The van der Waals surface area contributed by atoms with Crippen molar-refractivity contribution in [3.63, 3.8) is 0 Å². The Hall–Kier alpha value is -3.04. The summed E-state index contributed by atoms with van der Waals surface area (Å²) in [6.07, 6.45) is -0.541. The summed E-state index contributed by atoms with van der Waals surface area (Å²) in [7, 11) is 0. The molecule has 3 aromatic rings. The van der Waals surface area contributed by atoms with Crippen LogP contribution in [0.3, 0.4) is 0 Å². The summed E-state index contributed by atoms with van der Waals surface area (Å²) in [5.41, 5.74) is 0.885. The SMILES string of the molecule is C[C@@H](OC(=O)CCc1nc2ccccc2s1)C(=O)Nc1ccc([N+](=O)[O-])cc1Cl. The fourth-order valence-corrected chi connectivity index (χ4v) is 3.69. The van der Waals surface area contributed by atoms with E-state index in [9.17, 15) is 19.7 Å². The molecule has 3 rings (SSSR count). The largest absolute Gasteiger partial charge is 0.453 e. The van der Waals surface area contributed by atoms with E-state index in [0.717, 1.165) is 21.3 Å². The number of carbonyl (C=O) groups excluding carboxylic acids is 2. The summed E-state index contributed by atoms with van der Waals surface area (Å²) in [5, 5.41) is 14.1. The lowest BCUT2D eigenvalue weighted by molar-refractivity contribution is -0.384. The molecule has 0 aliphatic heterocycles. The molecule has 0 radical (unpaired) electrons. The molecule has 0 fully saturated rings. The standard InChI is InChI=1S/C19H16ClN3O5S/c1-11(19(25)22-14-7-6-12(23(26)27)10-13(14)20)28-18(24)9-8-17-21-15-4-2-3-5-16(15)29-17/h2-7,10-11H,8-9H2,1H3,(H,22,25)/t11-/m1/s1. The van der Waals surface area contributed by atoms with Crippen molar-refractivity contribution in [3.05, 3.63) is 62.6 Å². The highest BCUT2D eigenvalue weighted by atomic mass is 35.5. The van der Waals surface area contributed by atoms with Crippen LogP contribution in [0.2, 0.25) is 5.02 Å². The molecule has 1 N–H and O–H groups in total. The molecule has 2 aromatic carbocycles. The number of para-hydroxylation sites is 1. The van der Waals surface area contributed by atoms with Gasteiger partial charge in [0, 0.05) is 18.6 Å². The van der Waals surface area contributed by atoms with Crippen molar-refractivity contribution >= 4 is 56.4 Å². The van der Waals surface area contributed by atoms with E-state index in [1.165, 1.54) is 30.4 Å². The number of benzene rings is 2. The number of nitro groups is 1. The van der Waals surface area contributed by atoms with Gasteiger partial charge in [0.1, 0.15) is 0 Å². The van der Waals surface area contributed by atoms with Gasteiger partial charge < -0.3 is 10.1 Å². The molecule has 8 nitrogen and oxygen atoms in total. The zero-order chi connectivity index (χ0) is 21.0. The molecule has 0 unspecified atom stereocenters. The van der Waals surface area contributed by atoms with E-state index in [4.69, 9.17) is 16.3 Å². The Morgan fingerprint density at radius 2 is 2.07 bits per heavy atom. The highest BCUT2D eigenvalue weighted by Crippen LogP contribution is 2.27. The van der Waals surface area contributed by atoms with E-state index in [0.29, 0.717) is 6.42 Å². The van der Waals surface area contributed by atoms with Crippen LogP contribution in [0, 0.1) is 10.1 Å². The van der Waals surface area contributed by atoms with Gasteiger partial charge in [0.15, 0.2) is 6.10 Å². The zero-order valence-corrected chi connectivity index (χ0v) is 16.8. The quantitative estimate of drug-likeness (QED) is 0.336. The number of esters is 1. The summed E-state index contributed by atoms with van der Waals surface area (Å²) >= 11 is 7.46. The van der Waals surface area contributed by atoms with Crippen molar-refractivity contribution in [1.82, 2.24) is 4.98 Å². The summed E-state index contributed by atoms with van der Waals surface area (Å²) in [5.74, 6) is -1.12. The van der Waals surface area contributed by atoms with Crippen molar-refractivity contribution in [1.29, 1.82) is 0 Å². The van der Waals surface area contributed by atoms with Gasteiger partial charge >= 0.3 is 5.97 Å². The Bertz CT molecular complexity index is 1050. The van der Waals surface area contributed by atoms with E-state index in [1.807, 2.05) is 24.3 Å². The zero-order valence-electron chi connectivity index (χ0n) is 15.3. The molecule has 0 bridgehead atoms. The minimum Gasteiger partial charge on any atom is -0.453 e. The molecule has 0 saturated heterocycles. The number of fused-ring (bicyclic) bond motifs is 1. The molecular formula is C19H16ClN3O5S. The second-order valence-electron chi connectivity index (χ2n) is 6.12. The Labute approximate surface area is 174 Å². The van der Waals surface area contributed by atoms with Crippen molar-refractivity contribution in [2.45, 2.75) is 25.9 Å². The van der Waals surface area contributed by atoms with Crippen LogP contribution in [0.5, 0.6) is 0 Å². The van der Waals surface area contributed by atoms with Gasteiger partial charge in [0.05, 0.1) is 37.3 Å². The van der Waals surface area contributed by atoms with E-state index in [1.54, 1.807) is 0 Å². The van der Waals surface area contributed by atoms with Gasteiger partial charge in [-0.2, -0.15) is 0 Å². The highest BCUT2D eigenvalue weighted by Gasteiger charge is 2.20. The normalized spacial score (nSPS) is 11.8. The number of hydrogen-bond acceptors (Lipinski definition) is 7. The van der Waals surface area contributed by atoms with Crippen molar-refractivity contribution in [2.75, 3.05) is 5.32 Å². The van der Waals surface area contributed by atoms with Crippen LogP contribution < -0.4 is 5.32 Å². The number of aromatic nitrogens is 1. The predicted molar refractivity (Wildman–Crippen MR) is 110 cm³/mol. The first-order valence-electron chi connectivity index (χ1n) is 8.62. The Morgan fingerprint density at radius 1 is 1.31 bits per heavy atom. The molecule has 1 amide bonds. The second kappa shape index (κ2) is 8.97. The van der Waals surface area contributed by atoms with Crippen LogP contribution in [-0.4, -0.2) is 27.9 Å². The monoisotopic (exact) mass is 433 g/mol. The fraction of sp³-hybridized carbons (Fsp3) is 0.211. The third-order valence-corrected chi connectivity index (χ3v) is 5.39. The van der Waals surface area contributed by atoms with Crippen LogP contribution in [-0.2, 0) is 20.7 Å². The summed E-state index contributed by atoms with van der Waals surface area (Å²) in [6.45, 7) is 1.43. The first kappa shape index (κ1) is 20.7. The van der Waals surface area contributed by atoms with Crippen molar-refractivity contribution in [2.24, 2.45) is 0 Å². The number of aryl methyl sites for hydroxylation is 1. The first-order chi connectivity index (χ1) is 13.8. The van der Waals surface area contributed by atoms with Crippen LogP contribution >= 0.6 is 22.9 Å². The Morgan fingerprint density at radius 3 is 2.76 bits per heavy atom. The maximum Gasteiger partial charge on any atom is 0.306 e. The predicted octanol–water partition coefficient (Wildman–Crippen LogP) is 4.36. The maximum atomic E-state index is 12.2. The van der Waals surface area contributed by atoms with Crippen molar-refractivity contribution < 1.29 is 19.2 Å². The van der Waals surface area contributed by atoms with Gasteiger partial charge in [-0.3, -0.25) is 19.7 Å². The molecule has 0 aliphatic rings. The summed E-state index contributed by atoms with van der Waals surface area (Å²) < 4.78 is 6.20. The molecule has 1 heterocycles. The van der Waals surface area contributed by atoms with E-state index < -0.39 is 22.9 Å². The minimum atomic E-state index is -1.05. The summed E-state index contributed by atoms with van der Waals surface area (Å²) in [6, 6.07) is 11.4. The number of anilines is 1. The number of amides is 1. The average molecular weight is 434 g/mol. The minimum absolute atomic E-state index is 0.0157. The third kappa shape index (κ3) is 5.27. The van der Waals surface area contributed by atoms with Crippen molar-refractivity contribution in [3.8, 4) is 0 Å². The van der Waals surface area contributed by atoms with Gasteiger partial charge in [-0.15, -0.1) is 11.3 Å². The number of nitrogens with zero attached hydrogens (tertiary/aromatic N) is 2. The van der Waals surface area contributed by atoms with Crippen LogP contribution in [0.4, 0.5) is 11.4 Å². The number of nitro benzene ring substituents is 1. The lowest BCUT2D eigenvalue weighted by atomic mass is 10.2. The molecule has 0 saturated carbocycles. The molecule has 10 heteroatoms. The van der Waals surface area contributed by atoms with Gasteiger partial charge in [-0.1, -0.05) is 23.7 Å². The Balaban J connectivity index is 1.52. The van der Waals surface area contributed by atoms with E-state index in [2.05, 4.69) is 10.3 Å². The van der Waals surface area contributed by atoms with Crippen LogP contribution in [0.15, 0.2) is 42.5 Å². The number of carbonyl (C=O) groups is 2. The maximum absolute atomic E-state index is 12.2. The van der Waals surface area contributed by atoms with E-state index in [-0.39, 0.29) is 22.8 Å². The number of non-ortho nitro benzene ring substituents is 1. The van der Waals surface area contributed by atoms with Gasteiger partial charge in [0.2, 0.25) is 0 Å². The molecular weight excluding hydrogens is 418 g/mol. The average Bonchev–Trinajstić information content (AvgIpc) is 3.10. The number of thiazole rings is 1. The third-order valence-electron chi connectivity index (χ3n) is 3.98.